The average molecular weight is 388 g/mol. The van der Waals surface area contributed by atoms with Gasteiger partial charge in [0.2, 0.25) is 0 Å². The first-order valence-electron chi connectivity index (χ1n) is 5.33. The molecule has 5 heteroatoms. The molecule has 1 unspecified atom stereocenters. The molecule has 1 N–H and O–H groups in total. The maximum absolute atomic E-state index is 5.39. The van der Waals surface area contributed by atoms with Crippen LogP contribution in [0.1, 0.15) is 25.8 Å². The number of benzene rings is 1. The Labute approximate surface area is 126 Å². The molecule has 0 aliphatic carbocycles. The van der Waals surface area contributed by atoms with Crippen LogP contribution in [-0.2, 0) is 6.54 Å². The Morgan fingerprint density at radius 2 is 2.00 bits per heavy atom. The van der Waals surface area contributed by atoms with Crippen LogP contribution in [-0.4, -0.2) is 13.2 Å². The third-order valence-electron chi connectivity index (χ3n) is 2.54. The van der Waals surface area contributed by atoms with Crippen LogP contribution in [0.2, 0.25) is 0 Å². The van der Waals surface area contributed by atoms with E-state index in [0.29, 0.717) is 6.04 Å². The molecule has 0 aliphatic rings. The summed E-state index contributed by atoms with van der Waals surface area (Å²) in [5.41, 5.74) is 1.16. The molecule has 0 radical (unpaired) electrons. The van der Waals surface area contributed by atoms with Crippen LogP contribution in [0.15, 0.2) is 21.1 Å². The highest BCUT2D eigenvalue weighted by atomic mass is 79.9. The lowest BCUT2D eigenvalue weighted by molar-refractivity contribution is 0.402. The van der Waals surface area contributed by atoms with Gasteiger partial charge in [-0.3, -0.25) is 0 Å². The van der Waals surface area contributed by atoms with E-state index in [9.17, 15) is 0 Å². The van der Waals surface area contributed by atoms with Gasteiger partial charge in [-0.25, -0.2) is 0 Å². The largest absolute Gasteiger partial charge is 0.495 e. The summed E-state index contributed by atoms with van der Waals surface area (Å²) in [5.74, 6) is 0.902. The number of hydrogen-bond acceptors (Lipinski definition) is 2. The average Bonchev–Trinajstić information content (AvgIpc) is 2.25. The Morgan fingerprint density at radius 1 is 1.35 bits per heavy atom. The third-order valence-corrected chi connectivity index (χ3v) is 3.59. The topological polar surface area (TPSA) is 21.3 Å². The van der Waals surface area contributed by atoms with Crippen LogP contribution in [0, 0.1) is 0 Å². The molecule has 0 heterocycles. The van der Waals surface area contributed by atoms with E-state index in [1.807, 2.05) is 6.07 Å². The van der Waals surface area contributed by atoms with Crippen molar-refractivity contribution in [3.8, 4) is 5.75 Å². The van der Waals surface area contributed by atoms with Crippen LogP contribution in [0.5, 0.6) is 5.75 Å². The number of methoxy groups -OCH3 is 1. The molecule has 0 amide bonds. The van der Waals surface area contributed by atoms with Crippen molar-refractivity contribution >= 4 is 44.3 Å². The first kappa shape index (κ1) is 17.2. The molecule has 0 saturated heterocycles. The van der Waals surface area contributed by atoms with Gasteiger partial charge in [0.15, 0.2) is 0 Å². The second-order valence-electron chi connectivity index (χ2n) is 3.77. The van der Waals surface area contributed by atoms with Gasteiger partial charge < -0.3 is 10.1 Å². The highest BCUT2D eigenvalue weighted by molar-refractivity contribution is 9.11. The molecule has 98 valence electrons. The van der Waals surface area contributed by atoms with Gasteiger partial charge in [-0.1, -0.05) is 22.9 Å². The van der Waals surface area contributed by atoms with Crippen molar-refractivity contribution in [3.63, 3.8) is 0 Å². The molecule has 1 aromatic carbocycles. The van der Waals surface area contributed by atoms with Crippen molar-refractivity contribution in [3.05, 3.63) is 26.6 Å². The van der Waals surface area contributed by atoms with Crippen molar-refractivity contribution in [2.75, 3.05) is 7.11 Å². The monoisotopic (exact) mass is 385 g/mol. The van der Waals surface area contributed by atoms with Crippen molar-refractivity contribution in [2.45, 2.75) is 32.9 Å². The summed E-state index contributed by atoms with van der Waals surface area (Å²) in [7, 11) is 1.70. The fraction of sp³-hybridized carbons (Fsp3) is 0.500. The summed E-state index contributed by atoms with van der Waals surface area (Å²) >= 11 is 6.99. The van der Waals surface area contributed by atoms with E-state index in [1.54, 1.807) is 7.11 Å². The highest BCUT2D eigenvalue weighted by Gasteiger charge is 2.09. The maximum atomic E-state index is 5.39. The SMILES string of the molecule is CCC(C)NCc1cc(Br)cc(Br)c1OC.Cl. The predicted molar refractivity (Wildman–Crippen MR) is 82.2 cm³/mol. The minimum absolute atomic E-state index is 0. The van der Waals surface area contributed by atoms with E-state index in [1.165, 1.54) is 0 Å². The van der Waals surface area contributed by atoms with Gasteiger partial charge in [0, 0.05) is 22.6 Å². The van der Waals surface area contributed by atoms with Gasteiger partial charge in [-0.2, -0.15) is 0 Å². The van der Waals surface area contributed by atoms with Gasteiger partial charge in [-0.05, 0) is 41.4 Å². The molecule has 17 heavy (non-hydrogen) atoms. The van der Waals surface area contributed by atoms with E-state index < -0.39 is 0 Å². The minimum Gasteiger partial charge on any atom is -0.495 e. The lowest BCUT2D eigenvalue weighted by Crippen LogP contribution is -2.24. The van der Waals surface area contributed by atoms with Gasteiger partial charge in [-0.15, -0.1) is 12.4 Å². The van der Waals surface area contributed by atoms with Crippen molar-refractivity contribution < 1.29 is 4.74 Å². The third kappa shape index (κ3) is 5.16. The van der Waals surface area contributed by atoms with Gasteiger partial charge in [0.05, 0.1) is 11.6 Å². The fourth-order valence-electron chi connectivity index (χ4n) is 1.40. The molecular weight excluding hydrogens is 369 g/mol. The molecule has 1 aromatic rings. The Morgan fingerprint density at radius 3 is 2.53 bits per heavy atom. The zero-order chi connectivity index (χ0) is 12.1. The molecule has 1 rings (SSSR count). The Hall–Kier alpha value is 0.230. The molecule has 2 nitrogen and oxygen atoms in total. The second kappa shape index (κ2) is 8.35. The molecule has 0 aromatic heterocycles. The minimum atomic E-state index is 0. The summed E-state index contributed by atoms with van der Waals surface area (Å²) in [5, 5.41) is 3.46. The molecule has 0 fully saturated rings. The van der Waals surface area contributed by atoms with E-state index in [0.717, 1.165) is 33.2 Å². The summed E-state index contributed by atoms with van der Waals surface area (Å²) in [6, 6.07) is 4.59. The van der Waals surface area contributed by atoms with Gasteiger partial charge in [0.25, 0.3) is 0 Å². The summed E-state index contributed by atoms with van der Waals surface area (Å²) in [6.45, 7) is 5.17. The van der Waals surface area contributed by atoms with Crippen molar-refractivity contribution in [1.29, 1.82) is 0 Å². The van der Waals surface area contributed by atoms with Crippen LogP contribution >= 0.6 is 44.3 Å². The molecule has 0 bridgehead atoms. The highest BCUT2D eigenvalue weighted by Crippen LogP contribution is 2.32. The Balaban J connectivity index is 0.00000256. The number of ether oxygens (including phenoxy) is 1. The van der Waals surface area contributed by atoms with E-state index in [-0.39, 0.29) is 12.4 Å². The smallest absolute Gasteiger partial charge is 0.137 e. The number of rotatable bonds is 5. The Kier molecular flexibility index (Phi) is 8.47. The van der Waals surface area contributed by atoms with E-state index in [2.05, 4.69) is 57.1 Å². The molecule has 0 aliphatic heterocycles. The summed E-state index contributed by atoms with van der Waals surface area (Å²) in [6.07, 6.45) is 1.12. The maximum Gasteiger partial charge on any atom is 0.137 e. The summed E-state index contributed by atoms with van der Waals surface area (Å²) in [4.78, 5) is 0. The first-order valence-corrected chi connectivity index (χ1v) is 6.92. The zero-order valence-corrected chi connectivity index (χ0v) is 14.2. The van der Waals surface area contributed by atoms with Crippen LogP contribution in [0.3, 0.4) is 0 Å². The number of hydrogen-bond donors (Lipinski definition) is 1. The van der Waals surface area contributed by atoms with Gasteiger partial charge >= 0.3 is 0 Å². The van der Waals surface area contributed by atoms with Crippen molar-refractivity contribution in [2.24, 2.45) is 0 Å². The predicted octanol–water partition coefficient (Wildman–Crippen LogP) is 4.53. The van der Waals surface area contributed by atoms with Crippen LogP contribution in [0.4, 0.5) is 0 Å². The fourth-order valence-corrected chi connectivity index (χ4v) is 2.88. The molecule has 0 saturated carbocycles. The lowest BCUT2D eigenvalue weighted by Gasteiger charge is -2.15. The van der Waals surface area contributed by atoms with Gasteiger partial charge in [0.1, 0.15) is 5.75 Å². The lowest BCUT2D eigenvalue weighted by atomic mass is 10.2. The van der Waals surface area contributed by atoms with Crippen LogP contribution < -0.4 is 10.1 Å². The van der Waals surface area contributed by atoms with Crippen LogP contribution in [0.25, 0.3) is 0 Å². The molecule has 1 atom stereocenters. The standard InChI is InChI=1S/C12H17Br2NO.ClH/c1-4-8(2)15-7-9-5-10(13)6-11(14)12(9)16-3;/h5-6,8,15H,4,7H2,1-3H3;1H. The summed E-state index contributed by atoms with van der Waals surface area (Å²) < 4.78 is 7.42. The first-order chi connectivity index (χ1) is 7.58. The molecule has 0 spiro atoms. The van der Waals surface area contributed by atoms with E-state index in [4.69, 9.17) is 4.74 Å². The van der Waals surface area contributed by atoms with E-state index >= 15 is 0 Å². The van der Waals surface area contributed by atoms with Crippen molar-refractivity contribution in [1.82, 2.24) is 5.32 Å². The normalized spacial score (nSPS) is 11.8. The molecular formula is C12H18Br2ClNO. The zero-order valence-electron chi connectivity index (χ0n) is 10.2. The Bertz CT molecular complexity index is 361. The second-order valence-corrected chi connectivity index (χ2v) is 5.54. The quantitative estimate of drug-likeness (QED) is 0.801. The number of halogens is 3. The number of nitrogens with one attached hydrogen (secondary N) is 1.